The Labute approximate surface area is 54.1 Å². The predicted octanol–water partition coefficient (Wildman–Crippen LogP) is 1.90. The van der Waals surface area contributed by atoms with Crippen LogP contribution in [0.3, 0.4) is 0 Å². The molecule has 9 heavy (non-hydrogen) atoms. The quantitative estimate of drug-likeness (QED) is 0.440. The first kappa shape index (κ1) is 7.90. The van der Waals surface area contributed by atoms with Crippen LogP contribution in [0.4, 0.5) is 4.39 Å². The molecule has 48 valence electrons. The highest BCUT2D eigenvalue weighted by Crippen LogP contribution is 2.00. The van der Waals surface area contributed by atoms with E-state index in [4.69, 9.17) is 11.8 Å². The standard InChI is InChI=1S/C7H8FN/c1-2-4-7(8)5-3-6-9/h1,5-6,9H,3-4H2/b7-5+,9-6?. The summed E-state index contributed by atoms with van der Waals surface area (Å²) in [6.45, 7) is 0. The number of hydrogen-bond donors (Lipinski definition) is 1. The molecule has 1 N–H and O–H groups in total. The van der Waals surface area contributed by atoms with Crippen LogP contribution in [-0.2, 0) is 0 Å². The fraction of sp³-hybridized carbons (Fsp3) is 0.286. The Kier molecular flexibility index (Phi) is 4.43. The number of rotatable bonds is 3. The number of allylic oxidation sites excluding steroid dienone is 2. The van der Waals surface area contributed by atoms with E-state index >= 15 is 0 Å². The van der Waals surface area contributed by atoms with Crippen molar-refractivity contribution in [2.24, 2.45) is 0 Å². The monoisotopic (exact) mass is 125 g/mol. The molecular weight excluding hydrogens is 117 g/mol. The summed E-state index contributed by atoms with van der Waals surface area (Å²) in [6, 6.07) is 0. The van der Waals surface area contributed by atoms with Crippen LogP contribution in [0.5, 0.6) is 0 Å². The lowest BCUT2D eigenvalue weighted by Crippen LogP contribution is -1.72. The molecule has 0 aliphatic carbocycles. The van der Waals surface area contributed by atoms with E-state index < -0.39 is 0 Å². The van der Waals surface area contributed by atoms with Crippen molar-refractivity contribution in [1.29, 1.82) is 5.41 Å². The largest absolute Gasteiger partial charge is 0.313 e. The normalized spacial score (nSPS) is 10.4. The van der Waals surface area contributed by atoms with E-state index in [9.17, 15) is 4.39 Å². The van der Waals surface area contributed by atoms with Gasteiger partial charge in [0.2, 0.25) is 0 Å². The molecule has 0 bridgehead atoms. The number of nitrogens with one attached hydrogen (secondary N) is 1. The molecule has 0 saturated heterocycles. The van der Waals surface area contributed by atoms with Gasteiger partial charge in [0.25, 0.3) is 0 Å². The van der Waals surface area contributed by atoms with E-state index in [1.165, 1.54) is 6.08 Å². The Morgan fingerprint density at radius 3 is 2.89 bits per heavy atom. The van der Waals surface area contributed by atoms with Gasteiger partial charge in [0.1, 0.15) is 5.83 Å². The first-order valence-corrected chi connectivity index (χ1v) is 2.58. The van der Waals surface area contributed by atoms with Gasteiger partial charge in [-0.2, -0.15) is 0 Å². The molecule has 2 heteroatoms. The van der Waals surface area contributed by atoms with Crippen LogP contribution >= 0.6 is 0 Å². The van der Waals surface area contributed by atoms with Crippen LogP contribution in [0.2, 0.25) is 0 Å². The molecule has 0 unspecified atom stereocenters. The van der Waals surface area contributed by atoms with Crippen LogP contribution in [0.15, 0.2) is 11.9 Å². The SMILES string of the molecule is C#CC/C(F)=C\CC=N. The van der Waals surface area contributed by atoms with Gasteiger partial charge in [-0.3, -0.25) is 0 Å². The van der Waals surface area contributed by atoms with E-state index in [0.717, 1.165) is 6.21 Å². The molecule has 0 aliphatic heterocycles. The van der Waals surface area contributed by atoms with Crippen LogP contribution in [0, 0.1) is 17.8 Å². The van der Waals surface area contributed by atoms with Crippen molar-refractivity contribution < 1.29 is 4.39 Å². The Bertz CT molecular complexity index is 153. The minimum atomic E-state index is -0.332. The molecule has 0 spiro atoms. The van der Waals surface area contributed by atoms with Crippen molar-refractivity contribution in [2.45, 2.75) is 12.8 Å². The van der Waals surface area contributed by atoms with E-state index in [1.54, 1.807) is 0 Å². The van der Waals surface area contributed by atoms with Gasteiger partial charge in [-0.1, -0.05) is 5.92 Å². The van der Waals surface area contributed by atoms with Crippen molar-refractivity contribution in [3.05, 3.63) is 11.9 Å². The van der Waals surface area contributed by atoms with E-state index in [-0.39, 0.29) is 12.2 Å². The van der Waals surface area contributed by atoms with Gasteiger partial charge in [-0.05, 0) is 12.3 Å². The van der Waals surface area contributed by atoms with Crippen molar-refractivity contribution >= 4 is 6.21 Å². The fourth-order valence-corrected chi connectivity index (χ4v) is 0.356. The zero-order valence-corrected chi connectivity index (χ0v) is 5.02. The van der Waals surface area contributed by atoms with E-state index in [0.29, 0.717) is 6.42 Å². The molecule has 0 heterocycles. The Morgan fingerprint density at radius 2 is 2.44 bits per heavy atom. The van der Waals surface area contributed by atoms with Gasteiger partial charge < -0.3 is 5.41 Å². The van der Waals surface area contributed by atoms with Crippen molar-refractivity contribution in [3.8, 4) is 12.3 Å². The first-order chi connectivity index (χ1) is 4.31. The molecule has 0 amide bonds. The average molecular weight is 125 g/mol. The third-order valence-corrected chi connectivity index (χ3v) is 0.728. The molecule has 0 fully saturated rings. The molecule has 0 aliphatic rings. The minimum absolute atomic E-state index is 0.0356. The van der Waals surface area contributed by atoms with Crippen LogP contribution in [-0.4, -0.2) is 6.21 Å². The molecule has 0 aromatic carbocycles. The fourth-order valence-electron chi connectivity index (χ4n) is 0.356. The highest BCUT2D eigenvalue weighted by Gasteiger charge is 1.86. The van der Waals surface area contributed by atoms with Gasteiger partial charge >= 0.3 is 0 Å². The summed E-state index contributed by atoms with van der Waals surface area (Å²) in [6.07, 6.45) is 7.60. The molecule has 0 aromatic rings. The highest BCUT2D eigenvalue weighted by molar-refractivity contribution is 5.55. The third-order valence-electron chi connectivity index (χ3n) is 0.728. The predicted molar refractivity (Wildman–Crippen MR) is 36.0 cm³/mol. The number of hydrogen-bond acceptors (Lipinski definition) is 1. The maximum Gasteiger partial charge on any atom is 0.108 e. The lowest BCUT2D eigenvalue weighted by molar-refractivity contribution is 0.618. The molecule has 1 nitrogen and oxygen atoms in total. The summed E-state index contributed by atoms with van der Waals surface area (Å²) in [5, 5.41) is 6.54. The van der Waals surface area contributed by atoms with Gasteiger partial charge in [0, 0.05) is 6.42 Å². The van der Waals surface area contributed by atoms with Gasteiger partial charge in [0.05, 0.1) is 6.42 Å². The molecular formula is C7H8FN. The second-order valence-corrected chi connectivity index (χ2v) is 1.47. The molecule has 0 aromatic heterocycles. The van der Waals surface area contributed by atoms with Crippen molar-refractivity contribution in [2.75, 3.05) is 0 Å². The lowest BCUT2D eigenvalue weighted by atomic mass is 10.3. The Hall–Kier alpha value is -1.10. The number of halogens is 1. The topological polar surface area (TPSA) is 23.9 Å². The molecule has 0 rings (SSSR count). The maximum absolute atomic E-state index is 12.2. The Morgan fingerprint density at radius 1 is 1.78 bits per heavy atom. The molecule has 0 radical (unpaired) electrons. The third kappa shape index (κ3) is 4.76. The molecule has 0 atom stereocenters. The van der Waals surface area contributed by atoms with E-state index in [2.05, 4.69) is 5.92 Å². The summed E-state index contributed by atoms with van der Waals surface area (Å²) < 4.78 is 12.2. The zero-order valence-electron chi connectivity index (χ0n) is 5.02. The summed E-state index contributed by atoms with van der Waals surface area (Å²) >= 11 is 0. The lowest BCUT2D eigenvalue weighted by Gasteiger charge is -1.84. The van der Waals surface area contributed by atoms with Gasteiger partial charge in [-0.25, -0.2) is 4.39 Å². The Balaban J connectivity index is 3.58. The van der Waals surface area contributed by atoms with Crippen molar-refractivity contribution in [1.82, 2.24) is 0 Å². The zero-order chi connectivity index (χ0) is 7.11. The van der Waals surface area contributed by atoms with Gasteiger partial charge in [-0.15, -0.1) is 6.42 Å². The second-order valence-electron chi connectivity index (χ2n) is 1.47. The summed E-state index contributed by atoms with van der Waals surface area (Å²) in [4.78, 5) is 0. The van der Waals surface area contributed by atoms with Crippen LogP contribution in [0.1, 0.15) is 12.8 Å². The van der Waals surface area contributed by atoms with Gasteiger partial charge in [0.15, 0.2) is 0 Å². The highest BCUT2D eigenvalue weighted by atomic mass is 19.1. The van der Waals surface area contributed by atoms with Crippen LogP contribution in [0.25, 0.3) is 0 Å². The summed E-state index contributed by atoms with van der Waals surface area (Å²) in [5.41, 5.74) is 0. The second kappa shape index (κ2) is 5.04. The maximum atomic E-state index is 12.2. The minimum Gasteiger partial charge on any atom is -0.313 e. The summed E-state index contributed by atoms with van der Waals surface area (Å²) in [5.74, 6) is 1.83. The van der Waals surface area contributed by atoms with Crippen LogP contribution < -0.4 is 0 Å². The first-order valence-electron chi connectivity index (χ1n) is 2.58. The molecule has 0 saturated carbocycles. The van der Waals surface area contributed by atoms with E-state index in [1.807, 2.05) is 0 Å². The number of terminal acetylenes is 1. The smallest absolute Gasteiger partial charge is 0.108 e. The van der Waals surface area contributed by atoms with Crippen molar-refractivity contribution in [3.63, 3.8) is 0 Å². The average Bonchev–Trinajstić information content (AvgIpc) is 1.85. The summed E-state index contributed by atoms with van der Waals surface area (Å²) in [7, 11) is 0.